The lowest BCUT2D eigenvalue weighted by Gasteiger charge is -2.31. The Bertz CT molecular complexity index is 827. The summed E-state index contributed by atoms with van der Waals surface area (Å²) in [7, 11) is 0. The summed E-state index contributed by atoms with van der Waals surface area (Å²) in [5.41, 5.74) is 2.42. The van der Waals surface area contributed by atoms with Crippen LogP contribution < -0.4 is 5.32 Å². The number of aromatic amines is 1. The minimum absolute atomic E-state index is 0.0787. The highest BCUT2D eigenvalue weighted by Crippen LogP contribution is 2.39. The molecule has 1 saturated carbocycles. The highest BCUT2D eigenvalue weighted by Gasteiger charge is 2.31. The van der Waals surface area contributed by atoms with Gasteiger partial charge in [0.15, 0.2) is 0 Å². The molecule has 2 amide bonds. The second kappa shape index (κ2) is 6.90. The van der Waals surface area contributed by atoms with Crippen molar-refractivity contribution >= 4 is 17.6 Å². The molecule has 4 rings (SSSR count). The van der Waals surface area contributed by atoms with Crippen molar-refractivity contribution in [2.45, 2.75) is 38.5 Å². The summed E-state index contributed by atoms with van der Waals surface area (Å²) in [6, 6.07) is 5.61. The summed E-state index contributed by atoms with van der Waals surface area (Å²) in [6.07, 6.45) is 5.57. The molecule has 0 radical (unpaired) electrons. The number of carbonyl (C=O) groups excluding carboxylic acids is 2. The van der Waals surface area contributed by atoms with E-state index in [-0.39, 0.29) is 17.7 Å². The first-order valence-electron chi connectivity index (χ1n) is 9.19. The third-order valence-corrected chi connectivity index (χ3v) is 5.16. The predicted molar refractivity (Wildman–Crippen MR) is 96.8 cm³/mol. The molecule has 7 heteroatoms. The maximum absolute atomic E-state index is 12.7. The van der Waals surface area contributed by atoms with E-state index in [9.17, 15) is 9.59 Å². The van der Waals surface area contributed by atoms with Gasteiger partial charge in [-0.25, -0.2) is 4.98 Å². The van der Waals surface area contributed by atoms with Crippen LogP contribution in [-0.2, 0) is 4.79 Å². The molecule has 0 aromatic carbocycles. The Morgan fingerprint density at radius 1 is 1.31 bits per heavy atom. The van der Waals surface area contributed by atoms with Crippen molar-refractivity contribution in [1.29, 1.82) is 0 Å². The number of carbonyl (C=O) groups is 2. The molecule has 1 atom stereocenters. The van der Waals surface area contributed by atoms with Gasteiger partial charge in [0.05, 0.1) is 5.92 Å². The van der Waals surface area contributed by atoms with Gasteiger partial charge in [-0.05, 0) is 50.3 Å². The standard InChI is InChI=1S/C19H23N5O2/c1-12-4-2-8-20-17(12)21-18(25)14-5-3-9-24(11-14)19(26)16-10-15(22-23-16)13-6-7-13/h2,4,8,10,13-14H,3,5-7,9,11H2,1H3,(H,22,23)(H,20,21,25). The van der Waals surface area contributed by atoms with Crippen LogP contribution in [0.3, 0.4) is 0 Å². The number of anilines is 1. The molecule has 2 fully saturated rings. The molecule has 26 heavy (non-hydrogen) atoms. The van der Waals surface area contributed by atoms with Crippen molar-refractivity contribution in [1.82, 2.24) is 20.1 Å². The number of nitrogens with zero attached hydrogens (tertiary/aromatic N) is 3. The number of amides is 2. The Morgan fingerprint density at radius 2 is 2.15 bits per heavy atom. The number of piperidine rings is 1. The number of nitrogens with one attached hydrogen (secondary N) is 2. The molecule has 2 aromatic rings. The van der Waals surface area contributed by atoms with Gasteiger partial charge in [-0.15, -0.1) is 0 Å². The van der Waals surface area contributed by atoms with Crippen molar-refractivity contribution in [2.75, 3.05) is 18.4 Å². The number of likely N-dealkylation sites (tertiary alicyclic amines) is 1. The molecular formula is C19H23N5O2. The summed E-state index contributed by atoms with van der Waals surface area (Å²) in [4.78, 5) is 31.3. The molecular weight excluding hydrogens is 330 g/mol. The summed E-state index contributed by atoms with van der Waals surface area (Å²) >= 11 is 0. The van der Waals surface area contributed by atoms with Crippen molar-refractivity contribution in [3.05, 3.63) is 41.3 Å². The Hall–Kier alpha value is -2.70. The highest BCUT2D eigenvalue weighted by atomic mass is 16.2. The Morgan fingerprint density at radius 3 is 2.92 bits per heavy atom. The van der Waals surface area contributed by atoms with E-state index in [1.165, 1.54) is 0 Å². The van der Waals surface area contributed by atoms with Crippen LogP contribution in [0.1, 0.15) is 53.3 Å². The Kier molecular flexibility index (Phi) is 4.44. The van der Waals surface area contributed by atoms with Gasteiger partial charge in [0.1, 0.15) is 11.5 Å². The number of hydrogen-bond donors (Lipinski definition) is 2. The minimum Gasteiger partial charge on any atom is -0.336 e. The lowest BCUT2D eigenvalue weighted by atomic mass is 9.96. The fourth-order valence-corrected chi connectivity index (χ4v) is 3.42. The van der Waals surface area contributed by atoms with Gasteiger partial charge >= 0.3 is 0 Å². The van der Waals surface area contributed by atoms with Crippen molar-refractivity contribution in [3.63, 3.8) is 0 Å². The summed E-state index contributed by atoms with van der Waals surface area (Å²) in [6.45, 7) is 2.99. The van der Waals surface area contributed by atoms with Crippen LogP contribution in [0.25, 0.3) is 0 Å². The molecule has 0 spiro atoms. The molecule has 2 aliphatic rings. The fourth-order valence-electron chi connectivity index (χ4n) is 3.42. The maximum Gasteiger partial charge on any atom is 0.274 e. The number of aromatic nitrogens is 3. The molecule has 1 saturated heterocycles. The largest absolute Gasteiger partial charge is 0.336 e. The monoisotopic (exact) mass is 353 g/mol. The lowest BCUT2D eigenvalue weighted by molar-refractivity contribution is -0.121. The van der Waals surface area contributed by atoms with Crippen LogP contribution in [0.15, 0.2) is 24.4 Å². The van der Waals surface area contributed by atoms with Gasteiger partial charge in [-0.2, -0.15) is 5.10 Å². The minimum atomic E-state index is -0.226. The number of aryl methyl sites for hydroxylation is 1. The van der Waals surface area contributed by atoms with E-state index in [0.29, 0.717) is 30.5 Å². The van der Waals surface area contributed by atoms with Crippen molar-refractivity contribution in [3.8, 4) is 0 Å². The van der Waals surface area contributed by atoms with Gasteiger partial charge in [0.25, 0.3) is 5.91 Å². The first-order valence-corrected chi connectivity index (χ1v) is 9.19. The van der Waals surface area contributed by atoms with Gasteiger partial charge in [-0.3, -0.25) is 14.7 Å². The molecule has 1 aliphatic carbocycles. The van der Waals surface area contributed by atoms with E-state index in [0.717, 1.165) is 36.9 Å². The first kappa shape index (κ1) is 16.8. The lowest BCUT2D eigenvalue weighted by Crippen LogP contribution is -2.44. The predicted octanol–water partition coefficient (Wildman–Crippen LogP) is 2.48. The van der Waals surface area contributed by atoms with Crippen LogP contribution in [0, 0.1) is 12.8 Å². The van der Waals surface area contributed by atoms with Crippen LogP contribution in [0.4, 0.5) is 5.82 Å². The van der Waals surface area contributed by atoms with Crippen LogP contribution in [-0.4, -0.2) is 45.0 Å². The molecule has 1 aliphatic heterocycles. The molecule has 2 aromatic heterocycles. The number of pyridine rings is 1. The zero-order valence-corrected chi connectivity index (χ0v) is 14.9. The Balaban J connectivity index is 1.40. The zero-order valence-electron chi connectivity index (χ0n) is 14.9. The second-order valence-electron chi connectivity index (χ2n) is 7.23. The molecule has 3 heterocycles. The second-order valence-corrected chi connectivity index (χ2v) is 7.23. The number of hydrogen-bond acceptors (Lipinski definition) is 4. The topological polar surface area (TPSA) is 91.0 Å². The van der Waals surface area contributed by atoms with E-state index in [1.807, 2.05) is 25.1 Å². The van der Waals surface area contributed by atoms with E-state index >= 15 is 0 Å². The third kappa shape index (κ3) is 3.47. The van der Waals surface area contributed by atoms with Gasteiger partial charge in [-0.1, -0.05) is 6.07 Å². The average molecular weight is 353 g/mol. The summed E-state index contributed by atoms with van der Waals surface area (Å²) < 4.78 is 0. The third-order valence-electron chi connectivity index (χ3n) is 5.16. The molecule has 0 bridgehead atoms. The fraction of sp³-hybridized carbons (Fsp3) is 0.474. The van der Waals surface area contributed by atoms with Gasteiger partial charge < -0.3 is 10.2 Å². The van der Waals surface area contributed by atoms with E-state index in [4.69, 9.17) is 0 Å². The van der Waals surface area contributed by atoms with Crippen LogP contribution in [0.5, 0.6) is 0 Å². The van der Waals surface area contributed by atoms with E-state index < -0.39 is 0 Å². The highest BCUT2D eigenvalue weighted by molar-refractivity contribution is 5.95. The molecule has 2 N–H and O–H groups in total. The van der Waals surface area contributed by atoms with Gasteiger partial charge in [0, 0.05) is 30.9 Å². The van der Waals surface area contributed by atoms with Gasteiger partial charge in [0.2, 0.25) is 5.91 Å². The average Bonchev–Trinajstić information content (AvgIpc) is 3.40. The molecule has 7 nitrogen and oxygen atoms in total. The van der Waals surface area contributed by atoms with Crippen molar-refractivity contribution < 1.29 is 9.59 Å². The number of H-pyrrole nitrogens is 1. The maximum atomic E-state index is 12.7. The van der Waals surface area contributed by atoms with E-state index in [2.05, 4.69) is 20.5 Å². The first-order chi connectivity index (χ1) is 12.6. The zero-order chi connectivity index (χ0) is 18.1. The van der Waals surface area contributed by atoms with Crippen molar-refractivity contribution in [2.24, 2.45) is 5.92 Å². The SMILES string of the molecule is Cc1cccnc1NC(=O)C1CCCN(C(=O)c2cc(C3CC3)[nH]n2)C1. The van der Waals surface area contributed by atoms with Crippen LogP contribution >= 0.6 is 0 Å². The normalized spacial score (nSPS) is 20.0. The van der Waals surface area contributed by atoms with E-state index in [1.54, 1.807) is 11.1 Å². The summed E-state index contributed by atoms with van der Waals surface area (Å²) in [5.74, 6) is 0.716. The quantitative estimate of drug-likeness (QED) is 0.883. The van der Waals surface area contributed by atoms with Crippen LogP contribution in [0.2, 0.25) is 0 Å². The summed E-state index contributed by atoms with van der Waals surface area (Å²) in [5, 5.41) is 10.0. The number of rotatable bonds is 4. The Labute approximate surface area is 152 Å². The smallest absolute Gasteiger partial charge is 0.274 e. The molecule has 1 unspecified atom stereocenters. The molecule has 136 valence electrons.